The van der Waals surface area contributed by atoms with E-state index in [4.69, 9.17) is 4.74 Å². The van der Waals surface area contributed by atoms with Crippen LogP contribution in [0.5, 0.6) is 5.75 Å². The first-order valence-electron chi connectivity index (χ1n) is 6.09. The second-order valence-electron chi connectivity index (χ2n) is 4.31. The molecule has 0 heterocycles. The minimum absolute atomic E-state index is 0.764. The monoisotopic (exact) mass is 252 g/mol. The average Bonchev–Trinajstić information content (AvgIpc) is 2.46. The van der Waals surface area contributed by atoms with E-state index < -0.39 is 6.10 Å². The SMILES string of the molecule is COc1ccc(C(O)C#Cc2ccc(C)cc2)cc1. The number of methoxy groups -OCH3 is 1. The largest absolute Gasteiger partial charge is 0.497 e. The Morgan fingerprint density at radius 3 is 2.21 bits per heavy atom. The van der Waals surface area contributed by atoms with E-state index in [1.54, 1.807) is 7.11 Å². The van der Waals surface area contributed by atoms with Crippen LogP contribution in [-0.4, -0.2) is 12.2 Å². The second-order valence-corrected chi connectivity index (χ2v) is 4.31. The maximum atomic E-state index is 9.99. The van der Waals surface area contributed by atoms with Crippen molar-refractivity contribution in [1.82, 2.24) is 0 Å². The van der Waals surface area contributed by atoms with E-state index in [9.17, 15) is 5.11 Å². The first-order valence-corrected chi connectivity index (χ1v) is 6.09. The molecule has 0 amide bonds. The van der Waals surface area contributed by atoms with Crippen LogP contribution in [0.3, 0.4) is 0 Å². The van der Waals surface area contributed by atoms with E-state index in [2.05, 4.69) is 11.8 Å². The van der Waals surface area contributed by atoms with Gasteiger partial charge in [-0.05, 0) is 36.8 Å². The summed E-state index contributed by atoms with van der Waals surface area (Å²) in [5, 5.41) is 9.99. The number of ether oxygens (including phenoxy) is 1. The van der Waals surface area contributed by atoms with Gasteiger partial charge in [0.15, 0.2) is 0 Å². The third kappa shape index (κ3) is 3.61. The molecule has 2 nitrogen and oxygen atoms in total. The summed E-state index contributed by atoms with van der Waals surface area (Å²) < 4.78 is 5.07. The number of aliphatic hydroxyl groups is 1. The van der Waals surface area contributed by atoms with Gasteiger partial charge in [0.25, 0.3) is 0 Å². The number of hydrogen-bond acceptors (Lipinski definition) is 2. The lowest BCUT2D eigenvalue weighted by Crippen LogP contribution is -1.94. The molecule has 2 heteroatoms. The molecular weight excluding hydrogens is 236 g/mol. The van der Waals surface area contributed by atoms with Gasteiger partial charge < -0.3 is 9.84 Å². The van der Waals surface area contributed by atoms with Crippen molar-refractivity contribution in [2.75, 3.05) is 7.11 Å². The maximum Gasteiger partial charge on any atom is 0.140 e. The fourth-order valence-electron chi connectivity index (χ4n) is 1.66. The fourth-order valence-corrected chi connectivity index (χ4v) is 1.66. The molecule has 0 fully saturated rings. The van der Waals surface area contributed by atoms with E-state index in [0.717, 1.165) is 16.9 Å². The molecule has 0 saturated heterocycles. The smallest absolute Gasteiger partial charge is 0.140 e. The highest BCUT2D eigenvalue weighted by molar-refractivity contribution is 5.39. The van der Waals surface area contributed by atoms with Crippen LogP contribution in [0.2, 0.25) is 0 Å². The molecule has 0 bridgehead atoms. The number of benzene rings is 2. The van der Waals surface area contributed by atoms with Crippen molar-refractivity contribution in [3.63, 3.8) is 0 Å². The van der Waals surface area contributed by atoms with Crippen molar-refractivity contribution in [2.45, 2.75) is 13.0 Å². The standard InChI is InChI=1S/C17H16O2/c1-13-3-5-14(6-4-13)7-12-17(18)15-8-10-16(19-2)11-9-15/h3-6,8-11,17-18H,1-2H3. The van der Waals surface area contributed by atoms with Crippen LogP contribution in [0.15, 0.2) is 48.5 Å². The molecular formula is C17H16O2. The number of aliphatic hydroxyl groups excluding tert-OH is 1. The summed E-state index contributed by atoms with van der Waals surface area (Å²) in [4.78, 5) is 0. The van der Waals surface area contributed by atoms with Crippen molar-refractivity contribution >= 4 is 0 Å². The topological polar surface area (TPSA) is 29.5 Å². The van der Waals surface area contributed by atoms with Gasteiger partial charge >= 0.3 is 0 Å². The summed E-state index contributed by atoms with van der Waals surface area (Å²) in [6.45, 7) is 2.03. The number of aryl methyl sites for hydroxylation is 1. The van der Waals surface area contributed by atoms with Crippen molar-refractivity contribution in [3.05, 3.63) is 65.2 Å². The van der Waals surface area contributed by atoms with Crippen molar-refractivity contribution in [2.24, 2.45) is 0 Å². The van der Waals surface area contributed by atoms with Crippen LogP contribution in [0.1, 0.15) is 22.8 Å². The van der Waals surface area contributed by atoms with Gasteiger partial charge in [-0.25, -0.2) is 0 Å². The molecule has 2 aromatic rings. The lowest BCUT2D eigenvalue weighted by atomic mass is 10.1. The Balaban J connectivity index is 2.12. The van der Waals surface area contributed by atoms with Crippen LogP contribution in [0.25, 0.3) is 0 Å². The summed E-state index contributed by atoms with van der Waals surface area (Å²) in [6.07, 6.45) is -0.785. The highest BCUT2D eigenvalue weighted by Crippen LogP contribution is 2.17. The van der Waals surface area contributed by atoms with Crippen LogP contribution in [0, 0.1) is 18.8 Å². The Kier molecular flexibility index (Phi) is 4.22. The normalized spacial score (nSPS) is 11.3. The zero-order valence-corrected chi connectivity index (χ0v) is 11.1. The minimum Gasteiger partial charge on any atom is -0.497 e. The van der Waals surface area contributed by atoms with Gasteiger partial charge in [0.2, 0.25) is 0 Å². The second kappa shape index (κ2) is 6.08. The van der Waals surface area contributed by atoms with E-state index in [-0.39, 0.29) is 0 Å². The molecule has 1 unspecified atom stereocenters. The van der Waals surface area contributed by atoms with E-state index >= 15 is 0 Å². The molecule has 1 N–H and O–H groups in total. The van der Waals surface area contributed by atoms with Gasteiger partial charge in [-0.15, -0.1) is 0 Å². The maximum absolute atomic E-state index is 9.99. The quantitative estimate of drug-likeness (QED) is 0.832. The molecule has 1 atom stereocenters. The molecule has 19 heavy (non-hydrogen) atoms. The van der Waals surface area contributed by atoms with Gasteiger partial charge in [0, 0.05) is 5.56 Å². The molecule has 0 aliphatic heterocycles. The Hall–Kier alpha value is -2.24. The van der Waals surface area contributed by atoms with E-state index in [0.29, 0.717) is 0 Å². The summed E-state index contributed by atoms with van der Waals surface area (Å²) in [5.41, 5.74) is 2.86. The van der Waals surface area contributed by atoms with Gasteiger partial charge in [-0.3, -0.25) is 0 Å². The predicted molar refractivity (Wildman–Crippen MR) is 76.0 cm³/mol. The third-order valence-corrected chi connectivity index (χ3v) is 2.84. The van der Waals surface area contributed by atoms with Crippen molar-refractivity contribution in [1.29, 1.82) is 0 Å². The van der Waals surface area contributed by atoms with E-state index in [1.165, 1.54) is 5.56 Å². The third-order valence-electron chi connectivity index (χ3n) is 2.84. The summed E-state index contributed by atoms with van der Waals surface area (Å²) in [7, 11) is 1.61. The summed E-state index contributed by atoms with van der Waals surface area (Å²) >= 11 is 0. The molecule has 0 saturated carbocycles. The van der Waals surface area contributed by atoms with E-state index in [1.807, 2.05) is 55.5 Å². The summed E-state index contributed by atoms with van der Waals surface area (Å²) in [6, 6.07) is 15.2. The molecule has 0 aromatic heterocycles. The first kappa shape index (κ1) is 13.2. The lowest BCUT2D eigenvalue weighted by Gasteiger charge is -2.05. The van der Waals surface area contributed by atoms with Gasteiger partial charge in [0.05, 0.1) is 7.11 Å². The molecule has 0 aliphatic rings. The molecule has 96 valence electrons. The molecule has 0 aliphatic carbocycles. The Morgan fingerprint density at radius 1 is 1.00 bits per heavy atom. The number of hydrogen-bond donors (Lipinski definition) is 1. The minimum atomic E-state index is -0.785. The first-order chi connectivity index (χ1) is 9.19. The zero-order valence-electron chi connectivity index (χ0n) is 11.1. The fraction of sp³-hybridized carbons (Fsp3) is 0.176. The lowest BCUT2D eigenvalue weighted by molar-refractivity contribution is 0.238. The van der Waals surface area contributed by atoms with Crippen molar-refractivity contribution < 1.29 is 9.84 Å². The summed E-state index contributed by atoms with van der Waals surface area (Å²) in [5.74, 6) is 6.57. The van der Waals surface area contributed by atoms with Crippen LogP contribution >= 0.6 is 0 Å². The zero-order chi connectivity index (χ0) is 13.7. The molecule has 0 radical (unpaired) electrons. The predicted octanol–water partition coefficient (Wildman–Crippen LogP) is 3.09. The molecule has 0 spiro atoms. The molecule has 2 rings (SSSR count). The van der Waals surface area contributed by atoms with Crippen LogP contribution < -0.4 is 4.74 Å². The van der Waals surface area contributed by atoms with Crippen LogP contribution in [0.4, 0.5) is 0 Å². The van der Waals surface area contributed by atoms with Gasteiger partial charge in [-0.2, -0.15) is 0 Å². The highest BCUT2D eigenvalue weighted by Gasteiger charge is 2.03. The van der Waals surface area contributed by atoms with Gasteiger partial charge in [-0.1, -0.05) is 41.7 Å². The van der Waals surface area contributed by atoms with Gasteiger partial charge in [0.1, 0.15) is 11.9 Å². The Morgan fingerprint density at radius 2 is 1.63 bits per heavy atom. The van der Waals surface area contributed by atoms with Crippen LogP contribution in [-0.2, 0) is 0 Å². The Labute approximate surface area is 113 Å². The highest BCUT2D eigenvalue weighted by atomic mass is 16.5. The molecule has 2 aromatic carbocycles. The van der Waals surface area contributed by atoms with Crippen molar-refractivity contribution in [3.8, 4) is 17.6 Å². The average molecular weight is 252 g/mol. The Bertz CT molecular complexity index is 586. The number of rotatable bonds is 2.